The third-order valence-corrected chi connectivity index (χ3v) is 4.28. The first-order valence-corrected chi connectivity index (χ1v) is 7.55. The summed E-state index contributed by atoms with van der Waals surface area (Å²) in [6.45, 7) is 3.53. The molecule has 114 valence electrons. The van der Waals surface area contributed by atoms with E-state index in [0.717, 1.165) is 5.56 Å². The Morgan fingerprint density at radius 2 is 2.00 bits per heavy atom. The molecule has 0 spiro atoms. The van der Waals surface area contributed by atoms with Crippen LogP contribution in [0.25, 0.3) is 0 Å². The van der Waals surface area contributed by atoms with Crippen molar-refractivity contribution < 1.29 is 14.7 Å². The van der Waals surface area contributed by atoms with Crippen LogP contribution in [0, 0.1) is 11.8 Å². The van der Waals surface area contributed by atoms with Gasteiger partial charge in [0.25, 0.3) is 0 Å². The van der Waals surface area contributed by atoms with Gasteiger partial charge in [0, 0.05) is 16.0 Å². The number of hydrogen-bond donors (Lipinski definition) is 2. The van der Waals surface area contributed by atoms with E-state index in [1.54, 1.807) is 26.0 Å². The van der Waals surface area contributed by atoms with Crippen LogP contribution in [0.1, 0.15) is 31.7 Å². The molecule has 1 amide bonds. The molecule has 2 unspecified atom stereocenters. The summed E-state index contributed by atoms with van der Waals surface area (Å²) in [6, 6.07) is 4.35. The van der Waals surface area contributed by atoms with E-state index in [9.17, 15) is 9.59 Å². The maximum absolute atomic E-state index is 12.1. The Hall–Kier alpha value is -1.26. The van der Waals surface area contributed by atoms with E-state index < -0.39 is 12.0 Å². The van der Waals surface area contributed by atoms with E-state index >= 15 is 0 Å². The van der Waals surface area contributed by atoms with Crippen molar-refractivity contribution in [3.8, 4) is 0 Å². The van der Waals surface area contributed by atoms with Gasteiger partial charge < -0.3 is 10.4 Å². The van der Waals surface area contributed by atoms with Crippen molar-refractivity contribution in [1.82, 2.24) is 5.32 Å². The van der Waals surface area contributed by atoms with E-state index in [1.807, 2.05) is 6.07 Å². The van der Waals surface area contributed by atoms with Gasteiger partial charge in [-0.3, -0.25) is 4.79 Å². The fourth-order valence-electron chi connectivity index (χ4n) is 2.40. The lowest BCUT2D eigenvalue weighted by atomic mass is 10.0. The van der Waals surface area contributed by atoms with Crippen molar-refractivity contribution >= 4 is 35.1 Å². The summed E-state index contributed by atoms with van der Waals surface area (Å²) in [5.41, 5.74) is 0.887. The molecular formula is C15H17Cl2NO3. The maximum Gasteiger partial charge on any atom is 0.326 e. The lowest BCUT2D eigenvalue weighted by molar-refractivity contribution is -0.143. The third kappa shape index (κ3) is 3.69. The van der Waals surface area contributed by atoms with Crippen LogP contribution in [-0.4, -0.2) is 23.0 Å². The summed E-state index contributed by atoms with van der Waals surface area (Å²) >= 11 is 12.0. The average molecular weight is 330 g/mol. The van der Waals surface area contributed by atoms with E-state index in [-0.39, 0.29) is 23.7 Å². The first kappa shape index (κ1) is 16.1. The normalized spacial score (nSPS) is 22.0. The number of aliphatic carboxylic acids is 1. The number of nitrogens with one attached hydrogen (secondary N) is 1. The third-order valence-electron chi connectivity index (χ3n) is 3.72. The van der Waals surface area contributed by atoms with Crippen LogP contribution in [0.5, 0.6) is 0 Å². The predicted molar refractivity (Wildman–Crippen MR) is 81.7 cm³/mol. The summed E-state index contributed by atoms with van der Waals surface area (Å²) in [7, 11) is 0. The fraction of sp³-hybridized carbons (Fsp3) is 0.467. The van der Waals surface area contributed by atoms with Gasteiger partial charge in [0.1, 0.15) is 6.04 Å². The number of amides is 1. The van der Waals surface area contributed by atoms with Crippen molar-refractivity contribution in [3.63, 3.8) is 0 Å². The highest BCUT2D eigenvalue weighted by Gasteiger charge is 2.45. The molecular weight excluding hydrogens is 313 g/mol. The lowest BCUT2D eigenvalue weighted by Crippen LogP contribution is -2.45. The molecule has 4 nitrogen and oxygen atoms in total. The minimum absolute atomic E-state index is 0.0383. The highest BCUT2D eigenvalue weighted by Crippen LogP contribution is 2.50. The largest absolute Gasteiger partial charge is 0.480 e. The molecule has 0 bridgehead atoms. The van der Waals surface area contributed by atoms with Gasteiger partial charge in [-0.2, -0.15) is 0 Å². The van der Waals surface area contributed by atoms with Crippen LogP contribution in [0.2, 0.25) is 10.0 Å². The van der Waals surface area contributed by atoms with Crippen LogP contribution in [0.15, 0.2) is 18.2 Å². The van der Waals surface area contributed by atoms with Crippen LogP contribution in [0.4, 0.5) is 0 Å². The average Bonchev–Trinajstić information content (AvgIpc) is 3.15. The molecule has 1 aromatic rings. The number of carboxylic acids is 1. The van der Waals surface area contributed by atoms with Gasteiger partial charge in [-0.1, -0.05) is 43.1 Å². The molecule has 0 aromatic heterocycles. The number of carbonyl (C=O) groups is 2. The summed E-state index contributed by atoms with van der Waals surface area (Å²) in [4.78, 5) is 23.3. The van der Waals surface area contributed by atoms with Crippen molar-refractivity contribution in [2.75, 3.05) is 0 Å². The quantitative estimate of drug-likeness (QED) is 0.870. The van der Waals surface area contributed by atoms with Gasteiger partial charge in [-0.15, -0.1) is 0 Å². The first-order chi connectivity index (χ1) is 9.81. The van der Waals surface area contributed by atoms with Crippen LogP contribution in [0.3, 0.4) is 0 Å². The molecule has 0 aliphatic heterocycles. The molecule has 1 aliphatic rings. The van der Waals surface area contributed by atoms with Crippen LogP contribution in [-0.2, 0) is 9.59 Å². The Bertz CT molecular complexity index is 574. The highest BCUT2D eigenvalue weighted by atomic mass is 35.5. The second-order valence-corrected chi connectivity index (χ2v) is 6.53. The highest BCUT2D eigenvalue weighted by molar-refractivity contribution is 6.35. The number of rotatable bonds is 5. The molecule has 2 rings (SSSR count). The van der Waals surface area contributed by atoms with Crippen molar-refractivity contribution in [1.29, 1.82) is 0 Å². The molecule has 1 aromatic carbocycles. The summed E-state index contributed by atoms with van der Waals surface area (Å²) in [5.74, 6) is -1.59. The van der Waals surface area contributed by atoms with Gasteiger partial charge in [0.05, 0.1) is 0 Å². The first-order valence-electron chi connectivity index (χ1n) is 6.79. The zero-order valence-corrected chi connectivity index (χ0v) is 13.3. The minimum Gasteiger partial charge on any atom is -0.480 e. The van der Waals surface area contributed by atoms with Gasteiger partial charge in [0.15, 0.2) is 0 Å². The molecule has 3 atom stereocenters. The molecule has 1 saturated carbocycles. The number of benzene rings is 1. The van der Waals surface area contributed by atoms with Gasteiger partial charge in [-0.25, -0.2) is 4.79 Å². The van der Waals surface area contributed by atoms with Crippen molar-refractivity contribution in [2.24, 2.45) is 11.8 Å². The second-order valence-electron chi connectivity index (χ2n) is 5.68. The van der Waals surface area contributed by atoms with Crippen molar-refractivity contribution in [2.45, 2.75) is 32.2 Å². The Morgan fingerprint density at radius 3 is 2.52 bits per heavy atom. The zero-order chi connectivity index (χ0) is 15.7. The fourth-order valence-corrected chi connectivity index (χ4v) is 2.95. The molecule has 1 aliphatic carbocycles. The summed E-state index contributed by atoms with van der Waals surface area (Å²) in [6.07, 6.45) is 0.678. The Morgan fingerprint density at radius 1 is 1.33 bits per heavy atom. The number of carbonyl (C=O) groups excluding carboxylic acids is 1. The maximum atomic E-state index is 12.1. The van der Waals surface area contributed by atoms with E-state index in [0.29, 0.717) is 16.5 Å². The zero-order valence-electron chi connectivity index (χ0n) is 11.8. The number of carboxylic acid groups (broad SMARTS) is 1. The van der Waals surface area contributed by atoms with Gasteiger partial charge in [0.2, 0.25) is 5.91 Å². The number of hydrogen-bond acceptors (Lipinski definition) is 2. The van der Waals surface area contributed by atoms with E-state index in [4.69, 9.17) is 28.3 Å². The molecule has 0 heterocycles. The second kappa shape index (κ2) is 6.24. The monoisotopic (exact) mass is 329 g/mol. The minimum atomic E-state index is -1.01. The Kier molecular flexibility index (Phi) is 4.79. The summed E-state index contributed by atoms with van der Waals surface area (Å²) < 4.78 is 0. The van der Waals surface area contributed by atoms with Crippen LogP contribution >= 0.6 is 23.2 Å². The Balaban J connectivity index is 2.02. The Labute approximate surface area is 133 Å². The molecule has 1 fully saturated rings. The van der Waals surface area contributed by atoms with E-state index in [1.165, 1.54) is 0 Å². The molecule has 0 radical (unpaired) electrons. The summed E-state index contributed by atoms with van der Waals surface area (Å²) in [5, 5.41) is 12.8. The SMILES string of the molecule is CC(C)[C@@H](NC(=O)C1CC1c1ccc(Cl)cc1Cl)C(=O)O. The van der Waals surface area contributed by atoms with Crippen LogP contribution < -0.4 is 5.32 Å². The molecule has 6 heteroatoms. The van der Waals surface area contributed by atoms with Gasteiger partial charge >= 0.3 is 5.97 Å². The predicted octanol–water partition coefficient (Wildman–Crippen LogP) is 3.32. The topological polar surface area (TPSA) is 66.4 Å². The molecule has 2 N–H and O–H groups in total. The lowest BCUT2D eigenvalue weighted by Gasteiger charge is -2.18. The standard InChI is InChI=1S/C15H17Cl2NO3/c1-7(2)13(15(20)21)18-14(19)11-6-10(11)9-4-3-8(16)5-12(9)17/h3-5,7,10-11,13H,6H2,1-2H3,(H,18,19)(H,20,21)/t10?,11?,13-/m1/s1. The molecule has 0 saturated heterocycles. The van der Waals surface area contributed by atoms with Gasteiger partial charge in [-0.05, 0) is 36.0 Å². The smallest absolute Gasteiger partial charge is 0.326 e. The molecule has 21 heavy (non-hydrogen) atoms. The van der Waals surface area contributed by atoms with Crippen molar-refractivity contribution in [3.05, 3.63) is 33.8 Å². The number of halogens is 2. The van der Waals surface area contributed by atoms with E-state index in [2.05, 4.69) is 5.32 Å².